The van der Waals surface area contributed by atoms with Gasteiger partial charge in [0.05, 0.1) is 28.4 Å². The van der Waals surface area contributed by atoms with E-state index in [9.17, 15) is 29.2 Å². The second-order valence-corrected chi connectivity index (χ2v) is 17.8. The third-order valence-corrected chi connectivity index (χ3v) is 13.5. The fourth-order valence-corrected chi connectivity index (χ4v) is 9.68. The van der Waals surface area contributed by atoms with Gasteiger partial charge in [-0.3, -0.25) is 44.0 Å². The van der Waals surface area contributed by atoms with Gasteiger partial charge in [-0.05, 0) is 125 Å². The molecule has 1 aromatic heterocycles. The topological polar surface area (TPSA) is 169 Å². The highest BCUT2D eigenvalue weighted by atomic mass is 32.1. The summed E-state index contributed by atoms with van der Waals surface area (Å²) in [6.45, 7) is 13.6. The number of rotatable bonds is 14. The summed E-state index contributed by atoms with van der Waals surface area (Å²) in [5, 5.41) is 12.0. The number of imide groups is 2. The van der Waals surface area contributed by atoms with E-state index >= 15 is 0 Å². The Morgan fingerprint density at radius 3 is 2.42 bits per heavy atom. The summed E-state index contributed by atoms with van der Waals surface area (Å²) in [5.74, 6) is -0.525. The number of ether oxygens (including phenoxy) is 2. The first-order chi connectivity index (χ1) is 29.7. The summed E-state index contributed by atoms with van der Waals surface area (Å²) in [5.41, 5.74) is 2.51. The largest absolute Gasteiger partial charge is 0.490 e. The summed E-state index contributed by atoms with van der Waals surface area (Å²) in [6.07, 6.45) is 5.98. The lowest BCUT2D eigenvalue weighted by molar-refractivity contribution is -0.136. The molecule has 16 heteroatoms. The van der Waals surface area contributed by atoms with Gasteiger partial charge in [-0.25, -0.2) is 4.98 Å². The van der Waals surface area contributed by atoms with E-state index in [1.807, 2.05) is 43.9 Å². The van der Waals surface area contributed by atoms with Gasteiger partial charge in [-0.15, -0.1) is 0 Å². The lowest BCUT2D eigenvalue weighted by Gasteiger charge is -2.44. The maximum absolute atomic E-state index is 13.5. The quantitative estimate of drug-likeness (QED) is 0.177. The third kappa shape index (κ3) is 8.41. The van der Waals surface area contributed by atoms with E-state index in [-0.39, 0.29) is 36.0 Å². The van der Waals surface area contributed by atoms with Crippen LogP contribution in [0.25, 0.3) is 0 Å². The molecule has 5 heterocycles. The van der Waals surface area contributed by atoms with Crippen molar-refractivity contribution in [2.75, 3.05) is 44.2 Å². The van der Waals surface area contributed by atoms with Crippen molar-refractivity contribution in [2.24, 2.45) is 5.92 Å². The molecule has 1 unspecified atom stereocenters. The van der Waals surface area contributed by atoms with E-state index in [4.69, 9.17) is 21.7 Å². The van der Waals surface area contributed by atoms with Crippen molar-refractivity contribution in [3.8, 4) is 17.7 Å². The highest BCUT2D eigenvalue weighted by Crippen LogP contribution is 2.36. The molecule has 3 saturated heterocycles. The summed E-state index contributed by atoms with van der Waals surface area (Å²) >= 11 is 5.81. The number of piperidine rings is 2. The lowest BCUT2D eigenvalue weighted by atomic mass is 9.86. The minimum absolute atomic E-state index is 0.00986. The first kappa shape index (κ1) is 42.9. The van der Waals surface area contributed by atoms with Crippen LogP contribution in [0.5, 0.6) is 11.6 Å². The van der Waals surface area contributed by atoms with Crippen molar-refractivity contribution in [1.82, 2.24) is 29.9 Å². The average molecular weight is 861 g/mol. The van der Waals surface area contributed by atoms with Crippen molar-refractivity contribution in [3.05, 3.63) is 82.5 Å². The molecule has 5 aliphatic rings. The number of benzene rings is 2. The monoisotopic (exact) mass is 860 g/mol. The molecule has 1 atom stereocenters. The zero-order valence-corrected chi connectivity index (χ0v) is 36.4. The molecule has 0 bridgehead atoms. The number of fused-ring (bicyclic) bond motifs is 1. The van der Waals surface area contributed by atoms with Crippen LogP contribution in [0.2, 0.25) is 0 Å². The number of nitrogens with zero attached hydrogens (tertiary/aromatic N) is 7. The first-order valence-corrected chi connectivity index (χ1v) is 21.9. The number of nitriles is 1. The second kappa shape index (κ2) is 17.5. The predicted molar refractivity (Wildman–Crippen MR) is 232 cm³/mol. The number of likely N-dealkylation sites (tertiary alicyclic amines) is 1. The number of hydrogen-bond acceptors (Lipinski definition) is 12. The molecular formula is C46H52N8O7S. The van der Waals surface area contributed by atoms with E-state index in [1.165, 1.54) is 0 Å². The van der Waals surface area contributed by atoms with Gasteiger partial charge in [0.25, 0.3) is 17.7 Å². The molecular weight excluding hydrogens is 809 g/mol. The molecule has 2 aromatic carbocycles. The van der Waals surface area contributed by atoms with Crippen LogP contribution >= 0.6 is 12.2 Å². The molecule has 15 nitrogen and oxygen atoms in total. The van der Waals surface area contributed by atoms with Crippen molar-refractivity contribution >= 4 is 52.6 Å². The molecule has 1 aliphatic carbocycles. The molecule has 0 radical (unpaired) electrons. The van der Waals surface area contributed by atoms with Crippen LogP contribution in [0.4, 0.5) is 5.69 Å². The van der Waals surface area contributed by atoms with Gasteiger partial charge < -0.3 is 19.3 Å². The number of amides is 5. The van der Waals surface area contributed by atoms with Crippen molar-refractivity contribution < 1.29 is 33.4 Å². The molecule has 1 saturated carbocycles. The minimum Gasteiger partial charge on any atom is -0.490 e. The summed E-state index contributed by atoms with van der Waals surface area (Å²) < 4.78 is 12.3. The van der Waals surface area contributed by atoms with Crippen molar-refractivity contribution in [1.29, 1.82) is 5.26 Å². The van der Waals surface area contributed by atoms with Gasteiger partial charge >= 0.3 is 0 Å². The van der Waals surface area contributed by atoms with Crippen molar-refractivity contribution in [3.63, 3.8) is 0 Å². The van der Waals surface area contributed by atoms with Gasteiger partial charge in [0.15, 0.2) is 5.11 Å². The summed E-state index contributed by atoms with van der Waals surface area (Å²) in [4.78, 5) is 77.8. The van der Waals surface area contributed by atoms with Crippen LogP contribution in [-0.4, -0.2) is 122 Å². The molecule has 5 amide bonds. The Hall–Kier alpha value is -5.76. The van der Waals surface area contributed by atoms with Crippen LogP contribution < -0.4 is 19.7 Å². The number of aromatic nitrogens is 1. The van der Waals surface area contributed by atoms with E-state index in [0.29, 0.717) is 53.1 Å². The first-order valence-electron chi connectivity index (χ1n) is 21.5. The van der Waals surface area contributed by atoms with Crippen LogP contribution in [0.3, 0.4) is 0 Å². The van der Waals surface area contributed by atoms with E-state index < -0.39 is 35.2 Å². The Morgan fingerprint density at radius 1 is 0.984 bits per heavy atom. The summed E-state index contributed by atoms with van der Waals surface area (Å²) in [6, 6.07) is 15.6. The number of hydrogen-bond donors (Lipinski definition) is 1. The van der Waals surface area contributed by atoms with Crippen LogP contribution in [-0.2, 0) is 20.9 Å². The van der Waals surface area contributed by atoms with Gasteiger partial charge in [0.2, 0.25) is 17.7 Å². The summed E-state index contributed by atoms with van der Waals surface area (Å²) in [7, 11) is 0. The maximum Gasteiger partial charge on any atom is 0.262 e. The average Bonchev–Trinajstić information content (AvgIpc) is 3.58. The number of thiocarbonyl (C=S) groups is 1. The number of nitrogens with one attached hydrogen (secondary N) is 1. The third-order valence-electron chi connectivity index (χ3n) is 13.1. The standard InChI is InChI=1S/C46H52N8O7S/c1-5-51(33-21-35(22-33)61-34-9-10-36-37(23-34)43(58)54(42(36)57)38-11-12-39(55)49-41(38)56)26-29-14-16-50(17-15-29)18-19-60-40-13-6-30(25-48-40)27-52-45(62)53(44(59)46(52,3)4)32-8-7-31(24-47)28(2)20-32/h6-10,13,20,23,25,29,33,35,38H,5,11-12,14-19,21-22,26-27H2,1-4H3,(H,49,55,56). The zero-order chi connectivity index (χ0) is 43.9. The zero-order valence-electron chi connectivity index (χ0n) is 35.6. The van der Waals surface area contributed by atoms with E-state index in [2.05, 4.69) is 33.1 Å². The number of anilines is 1. The number of aryl methyl sites for hydroxylation is 1. The highest BCUT2D eigenvalue weighted by Gasteiger charge is 2.50. The lowest BCUT2D eigenvalue weighted by Crippen LogP contribution is -2.54. The predicted octanol–water partition coefficient (Wildman–Crippen LogP) is 4.60. The molecule has 324 valence electrons. The van der Waals surface area contributed by atoms with Gasteiger partial charge in [0, 0.05) is 57.2 Å². The molecule has 3 aromatic rings. The SMILES string of the molecule is CCN(CC1CCN(CCOc2ccc(CN3C(=S)N(c4ccc(C#N)c(C)c4)C(=O)C3(C)C)cn2)CC1)C1CC(Oc2ccc3c(c2)C(=O)N(C2CCC(=O)NC2=O)C3=O)C1. The van der Waals surface area contributed by atoms with Crippen molar-refractivity contribution in [2.45, 2.75) is 96.5 Å². The Balaban J connectivity index is 0.746. The maximum atomic E-state index is 13.5. The smallest absolute Gasteiger partial charge is 0.262 e. The van der Waals surface area contributed by atoms with Gasteiger partial charge in [-0.2, -0.15) is 5.26 Å². The molecule has 0 spiro atoms. The Kier molecular flexibility index (Phi) is 12.1. The minimum atomic E-state index is -0.996. The fraction of sp³-hybridized carbons (Fsp3) is 0.478. The molecule has 4 aliphatic heterocycles. The van der Waals surface area contributed by atoms with E-state index in [1.54, 1.807) is 41.4 Å². The highest BCUT2D eigenvalue weighted by molar-refractivity contribution is 7.80. The molecule has 62 heavy (non-hydrogen) atoms. The number of carbonyl (C=O) groups is 5. The normalized spacial score (nSPS) is 22.8. The number of carbonyl (C=O) groups excluding carboxylic acids is 5. The Bertz CT molecular complexity index is 2330. The van der Waals surface area contributed by atoms with Crippen LogP contribution in [0, 0.1) is 24.2 Å². The van der Waals surface area contributed by atoms with E-state index in [0.717, 1.165) is 74.4 Å². The Labute approximate surface area is 366 Å². The molecule has 8 rings (SSSR count). The Morgan fingerprint density at radius 2 is 1.74 bits per heavy atom. The molecule has 1 N–H and O–H groups in total. The number of pyridine rings is 1. The fourth-order valence-electron chi connectivity index (χ4n) is 9.20. The second-order valence-electron chi connectivity index (χ2n) is 17.4. The van der Waals surface area contributed by atoms with Crippen LogP contribution in [0.15, 0.2) is 54.7 Å². The molecule has 4 fully saturated rings. The van der Waals surface area contributed by atoms with Gasteiger partial charge in [-0.1, -0.05) is 13.0 Å². The van der Waals surface area contributed by atoms with Crippen LogP contribution in [0.1, 0.15) is 96.7 Å². The van der Waals surface area contributed by atoms with Gasteiger partial charge in [0.1, 0.15) is 30.0 Å².